The fraction of sp³-hybridized carbons (Fsp3) is 0.360. The second-order valence-corrected chi connectivity index (χ2v) is 8.05. The van der Waals surface area contributed by atoms with Crippen LogP contribution in [-0.2, 0) is 17.8 Å². The van der Waals surface area contributed by atoms with Crippen molar-refractivity contribution in [3.05, 3.63) is 83.9 Å². The van der Waals surface area contributed by atoms with Crippen molar-refractivity contribution in [3.8, 4) is 5.69 Å². The van der Waals surface area contributed by atoms with Crippen LogP contribution >= 0.6 is 24.0 Å². The van der Waals surface area contributed by atoms with E-state index >= 15 is 0 Å². The van der Waals surface area contributed by atoms with Gasteiger partial charge in [0, 0.05) is 45.2 Å². The Balaban J connectivity index is 0.00000306. The molecule has 33 heavy (non-hydrogen) atoms. The first-order valence-corrected chi connectivity index (χ1v) is 11.1. The number of ether oxygens (including phenoxy) is 1. The van der Waals surface area contributed by atoms with Crippen molar-refractivity contribution < 1.29 is 9.13 Å². The Labute approximate surface area is 211 Å². The molecular formula is C25H31FIN5O. The van der Waals surface area contributed by atoms with Gasteiger partial charge < -0.3 is 15.0 Å². The molecule has 1 unspecified atom stereocenters. The molecule has 0 amide bonds. The summed E-state index contributed by atoms with van der Waals surface area (Å²) < 4.78 is 20.8. The predicted octanol–water partition coefficient (Wildman–Crippen LogP) is 4.29. The number of hydrogen-bond acceptors (Lipinski definition) is 3. The van der Waals surface area contributed by atoms with E-state index in [0.29, 0.717) is 12.5 Å². The van der Waals surface area contributed by atoms with Crippen molar-refractivity contribution in [1.29, 1.82) is 0 Å². The zero-order valence-corrected chi connectivity index (χ0v) is 21.2. The standard InChI is InChI=1S/C25H30FN5O.HI/c1-27-25(30-15-12-21(17-30)19-32-18-20-5-3-2-4-6-20)28-14-11-23-13-16-31(29-23)24-9-7-22(26)8-10-24;/h2-10,13,16,21H,11-12,14-15,17-19H2,1H3,(H,27,28);1H. The van der Waals surface area contributed by atoms with Crippen LogP contribution in [0.25, 0.3) is 5.69 Å². The van der Waals surface area contributed by atoms with Crippen molar-refractivity contribution in [1.82, 2.24) is 20.0 Å². The molecule has 2 heterocycles. The fourth-order valence-electron chi connectivity index (χ4n) is 3.95. The second-order valence-electron chi connectivity index (χ2n) is 8.05. The highest BCUT2D eigenvalue weighted by molar-refractivity contribution is 14.0. The average Bonchev–Trinajstić information content (AvgIpc) is 3.48. The van der Waals surface area contributed by atoms with Gasteiger partial charge in [-0.15, -0.1) is 24.0 Å². The van der Waals surface area contributed by atoms with Crippen LogP contribution in [-0.4, -0.2) is 53.9 Å². The summed E-state index contributed by atoms with van der Waals surface area (Å²) in [6.45, 7) is 4.11. The number of rotatable bonds is 8. The summed E-state index contributed by atoms with van der Waals surface area (Å²) in [5.74, 6) is 1.20. The lowest BCUT2D eigenvalue weighted by atomic mass is 10.1. The normalized spacial score (nSPS) is 16.0. The minimum Gasteiger partial charge on any atom is -0.376 e. The highest BCUT2D eigenvalue weighted by Crippen LogP contribution is 2.17. The van der Waals surface area contributed by atoms with Gasteiger partial charge in [-0.1, -0.05) is 30.3 Å². The number of aliphatic imine (C=N–C) groups is 1. The van der Waals surface area contributed by atoms with Crippen molar-refractivity contribution in [2.24, 2.45) is 10.9 Å². The molecule has 0 saturated carbocycles. The van der Waals surface area contributed by atoms with Crippen molar-refractivity contribution in [2.75, 3.05) is 33.3 Å². The number of halogens is 2. The molecule has 1 aromatic heterocycles. The third-order valence-electron chi connectivity index (χ3n) is 5.66. The monoisotopic (exact) mass is 563 g/mol. The summed E-state index contributed by atoms with van der Waals surface area (Å²) in [6.07, 6.45) is 3.79. The van der Waals surface area contributed by atoms with Gasteiger partial charge in [-0.05, 0) is 42.3 Å². The second kappa shape index (κ2) is 12.7. The molecule has 1 atom stereocenters. The van der Waals surface area contributed by atoms with E-state index in [4.69, 9.17) is 4.74 Å². The van der Waals surface area contributed by atoms with Crippen LogP contribution in [0.4, 0.5) is 4.39 Å². The Morgan fingerprint density at radius 2 is 1.94 bits per heavy atom. The molecule has 1 aliphatic heterocycles. The third kappa shape index (κ3) is 7.26. The number of nitrogens with one attached hydrogen (secondary N) is 1. The molecule has 1 fully saturated rings. The van der Waals surface area contributed by atoms with E-state index in [1.165, 1.54) is 17.7 Å². The number of likely N-dealkylation sites (tertiary alicyclic amines) is 1. The van der Waals surface area contributed by atoms with E-state index in [1.54, 1.807) is 16.8 Å². The van der Waals surface area contributed by atoms with Gasteiger partial charge in [-0.25, -0.2) is 9.07 Å². The van der Waals surface area contributed by atoms with Crippen molar-refractivity contribution in [2.45, 2.75) is 19.4 Å². The molecule has 2 aromatic carbocycles. The Kier molecular flexibility index (Phi) is 9.68. The van der Waals surface area contributed by atoms with Crippen LogP contribution in [0.5, 0.6) is 0 Å². The van der Waals surface area contributed by atoms with Gasteiger partial charge in [-0.2, -0.15) is 5.10 Å². The quantitative estimate of drug-likeness (QED) is 0.253. The molecule has 6 nitrogen and oxygen atoms in total. The lowest BCUT2D eigenvalue weighted by Gasteiger charge is -2.21. The molecular weight excluding hydrogens is 532 g/mol. The molecule has 1 saturated heterocycles. The highest BCUT2D eigenvalue weighted by Gasteiger charge is 2.24. The van der Waals surface area contributed by atoms with E-state index in [9.17, 15) is 4.39 Å². The van der Waals surface area contributed by atoms with Crippen molar-refractivity contribution >= 4 is 29.9 Å². The van der Waals surface area contributed by atoms with E-state index in [-0.39, 0.29) is 29.8 Å². The summed E-state index contributed by atoms with van der Waals surface area (Å²) in [6, 6.07) is 18.6. The van der Waals surface area contributed by atoms with Crippen LogP contribution < -0.4 is 5.32 Å². The predicted molar refractivity (Wildman–Crippen MR) is 140 cm³/mol. The third-order valence-corrected chi connectivity index (χ3v) is 5.66. The van der Waals surface area contributed by atoms with Gasteiger partial charge >= 0.3 is 0 Å². The molecule has 3 aromatic rings. The van der Waals surface area contributed by atoms with E-state index in [2.05, 4.69) is 32.4 Å². The molecule has 1 N–H and O–H groups in total. The summed E-state index contributed by atoms with van der Waals surface area (Å²) in [4.78, 5) is 6.75. The average molecular weight is 563 g/mol. The molecule has 4 rings (SSSR count). The lowest BCUT2D eigenvalue weighted by Crippen LogP contribution is -2.41. The minimum absolute atomic E-state index is 0. The van der Waals surface area contributed by atoms with Gasteiger partial charge in [-0.3, -0.25) is 4.99 Å². The molecule has 0 bridgehead atoms. The van der Waals surface area contributed by atoms with Crippen LogP contribution in [0.2, 0.25) is 0 Å². The number of guanidine groups is 1. The molecule has 0 spiro atoms. The first-order chi connectivity index (χ1) is 15.7. The SMILES string of the molecule is CN=C(NCCc1ccn(-c2ccc(F)cc2)n1)N1CCC(COCc2ccccc2)C1.I. The summed E-state index contributed by atoms with van der Waals surface area (Å²) in [5, 5.41) is 8.04. The first-order valence-electron chi connectivity index (χ1n) is 11.1. The Morgan fingerprint density at radius 3 is 2.70 bits per heavy atom. The summed E-state index contributed by atoms with van der Waals surface area (Å²) in [7, 11) is 1.82. The first kappa shape index (κ1) is 25.2. The summed E-state index contributed by atoms with van der Waals surface area (Å²) >= 11 is 0. The van der Waals surface area contributed by atoms with Gasteiger partial charge in [0.1, 0.15) is 5.82 Å². The lowest BCUT2D eigenvalue weighted by molar-refractivity contribution is 0.0907. The maximum absolute atomic E-state index is 13.1. The number of aromatic nitrogens is 2. The maximum Gasteiger partial charge on any atom is 0.193 e. The minimum atomic E-state index is -0.247. The molecule has 0 radical (unpaired) electrons. The van der Waals surface area contributed by atoms with Gasteiger partial charge in [0.05, 0.1) is 24.6 Å². The Bertz CT molecular complexity index is 1010. The van der Waals surface area contributed by atoms with E-state index < -0.39 is 0 Å². The largest absolute Gasteiger partial charge is 0.376 e. The topological polar surface area (TPSA) is 54.7 Å². The van der Waals surface area contributed by atoms with E-state index in [1.807, 2.05) is 37.5 Å². The van der Waals surface area contributed by atoms with Crippen LogP contribution in [0.1, 0.15) is 17.7 Å². The molecule has 176 valence electrons. The number of hydrogen-bond donors (Lipinski definition) is 1. The maximum atomic E-state index is 13.1. The van der Waals surface area contributed by atoms with Gasteiger partial charge in [0.15, 0.2) is 5.96 Å². The summed E-state index contributed by atoms with van der Waals surface area (Å²) in [5.41, 5.74) is 3.03. The zero-order valence-electron chi connectivity index (χ0n) is 18.9. The zero-order chi connectivity index (χ0) is 22.2. The number of benzene rings is 2. The van der Waals surface area contributed by atoms with Gasteiger partial charge in [0.25, 0.3) is 0 Å². The van der Waals surface area contributed by atoms with Crippen LogP contribution in [0, 0.1) is 11.7 Å². The van der Waals surface area contributed by atoms with E-state index in [0.717, 1.165) is 56.4 Å². The van der Waals surface area contributed by atoms with Crippen LogP contribution in [0.15, 0.2) is 71.9 Å². The Morgan fingerprint density at radius 1 is 1.15 bits per heavy atom. The van der Waals surface area contributed by atoms with Crippen LogP contribution in [0.3, 0.4) is 0 Å². The highest BCUT2D eigenvalue weighted by atomic mass is 127. The number of nitrogens with zero attached hydrogens (tertiary/aromatic N) is 4. The smallest absolute Gasteiger partial charge is 0.193 e. The molecule has 1 aliphatic rings. The fourth-order valence-corrected chi connectivity index (χ4v) is 3.95. The van der Waals surface area contributed by atoms with Crippen molar-refractivity contribution in [3.63, 3.8) is 0 Å². The van der Waals surface area contributed by atoms with Gasteiger partial charge in [0.2, 0.25) is 0 Å². The molecule has 0 aliphatic carbocycles. The molecule has 8 heteroatoms. The Hall–Kier alpha value is -2.46.